The fourth-order valence-corrected chi connectivity index (χ4v) is 4.03. The summed E-state index contributed by atoms with van der Waals surface area (Å²) in [5.41, 5.74) is 7.82. The first-order chi connectivity index (χ1) is 17.1. The summed E-state index contributed by atoms with van der Waals surface area (Å²) >= 11 is 1.53. The third-order valence-electron chi connectivity index (χ3n) is 5.12. The minimum atomic E-state index is -0.300. The number of rotatable bonds is 9. The van der Waals surface area contributed by atoms with Crippen molar-refractivity contribution >= 4 is 34.3 Å². The van der Waals surface area contributed by atoms with E-state index in [0.717, 1.165) is 27.6 Å². The highest BCUT2D eigenvalue weighted by Crippen LogP contribution is 2.28. The second-order valence-corrected chi connectivity index (χ2v) is 8.51. The van der Waals surface area contributed by atoms with E-state index in [-0.39, 0.29) is 5.91 Å². The van der Waals surface area contributed by atoms with Crippen LogP contribution in [0.1, 0.15) is 28.4 Å². The number of ether oxygens (including phenoxy) is 2. The summed E-state index contributed by atoms with van der Waals surface area (Å²) < 4.78 is 10.8. The second-order valence-electron chi connectivity index (χ2n) is 7.65. The SMILES string of the molecule is CCOc1cc(/C=N\NC(=O)c2ccc(-c3csc(Nc4ccc(C)cc4)n3)cc2)ccc1OC. The molecule has 0 fully saturated rings. The average molecular weight is 487 g/mol. The zero-order chi connectivity index (χ0) is 24.6. The summed E-state index contributed by atoms with van der Waals surface area (Å²) in [6, 6.07) is 20.9. The van der Waals surface area contributed by atoms with Gasteiger partial charge in [-0.05, 0) is 61.9 Å². The molecule has 0 aliphatic rings. The van der Waals surface area contributed by atoms with Gasteiger partial charge in [0.05, 0.1) is 25.6 Å². The number of hydrazone groups is 1. The zero-order valence-electron chi connectivity index (χ0n) is 19.7. The summed E-state index contributed by atoms with van der Waals surface area (Å²) in [7, 11) is 1.59. The van der Waals surface area contributed by atoms with Crippen LogP contribution in [0.4, 0.5) is 10.8 Å². The fraction of sp³-hybridized carbons (Fsp3) is 0.148. The predicted octanol–water partition coefficient (Wildman–Crippen LogP) is 6.03. The molecule has 2 N–H and O–H groups in total. The van der Waals surface area contributed by atoms with Crippen molar-refractivity contribution < 1.29 is 14.3 Å². The molecule has 35 heavy (non-hydrogen) atoms. The summed E-state index contributed by atoms with van der Waals surface area (Å²) in [5, 5.41) is 10.2. The first kappa shape index (κ1) is 24.0. The van der Waals surface area contributed by atoms with E-state index in [0.29, 0.717) is 23.7 Å². The molecule has 3 aromatic carbocycles. The summed E-state index contributed by atoms with van der Waals surface area (Å²) in [6.45, 7) is 4.48. The van der Waals surface area contributed by atoms with E-state index in [1.54, 1.807) is 31.5 Å². The maximum atomic E-state index is 12.5. The molecule has 0 aliphatic carbocycles. The molecule has 4 aromatic rings. The van der Waals surface area contributed by atoms with Gasteiger partial charge in [-0.1, -0.05) is 29.8 Å². The first-order valence-corrected chi connectivity index (χ1v) is 12.0. The van der Waals surface area contributed by atoms with Crippen molar-refractivity contribution in [3.8, 4) is 22.8 Å². The molecule has 0 radical (unpaired) electrons. The van der Waals surface area contributed by atoms with Crippen LogP contribution in [0.15, 0.2) is 77.2 Å². The summed E-state index contributed by atoms with van der Waals surface area (Å²) in [4.78, 5) is 17.1. The molecular weight excluding hydrogens is 460 g/mol. The molecule has 1 heterocycles. The largest absolute Gasteiger partial charge is 0.493 e. The molecule has 4 rings (SSSR count). The first-order valence-electron chi connectivity index (χ1n) is 11.1. The molecule has 0 bridgehead atoms. The minimum Gasteiger partial charge on any atom is -0.493 e. The molecule has 7 nitrogen and oxygen atoms in total. The molecule has 1 aromatic heterocycles. The van der Waals surface area contributed by atoms with Gasteiger partial charge in [0, 0.05) is 22.2 Å². The van der Waals surface area contributed by atoms with Crippen LogP contribution in [0, 0.1) is 6.92 Å². The highest BCUT2D eigenvalue weighted by atomic mass is 32.1. The lowest BCUT2D eigenvalue weighted by Crippen LogP contribution is -2.17. The lowest BCUT2D eigenvalue weighted by Gasteiger charge is -2.09. The molecule has 0 unspecified atom stereocenters. The van der Waals surface area contributed by atoms with Crippen LogP contribution in [0.5, 0.6) is 11.5 Å². The quantitative estimate of drug-likeness (QED) is 0.223. The number of carbonyl (C=O) groups is 1. The third kappa shape index (κ3) is 6.24. The Bertz CT molecular complexity index is 1320. The van der Waals surface area contributed by atoms with Crippen molar-refractivity contribution in [3.63, 3.8) is 0 Å². The third-order valence-corrected chi connectivity index (χ3v) is 5.87. The highest BCUT2D eigenvalue weighted by Gasteiger charge is 2.09. The lowest BCUT2D eigenvalue weighted by atomic mass is 10.1. The van der Waals surface area contributed by atoms with E-state index >= 15 is 0 Å². The molecule has 0 aliphatic heterocycles. The normalized spacial score (nSPS) is 10.8. The smallest absolute Gasteiger partial charge is 0.271 e. The van der Waals surface area contributed by atoms with E-state index in [2.05, 4.69) is 39.9 Å². The Balaban J connectivity index is 1.36. The van der Waals surface area contributed by atoms with Crippen LogP contribution in [-0.2, 0) is 0 Å². The van der Waals surface area contributed by atoms with Gasteiger partial charge in [-0.25, -0.2) is 10.4 Å². The van der Waals surface area contributed by atoms with Gasteiger partial charge in [-0.3, -0.25) is 4.79 Å². The van der Waals surface area contributed by atoms with Crippen molar-refractivity contribution in [1.82, 2.24) is 10.4 Å². The van der Waals surface area contributed by atoms with Crippen molar-refractivity contribution in [3.05, 3.63) is 88.8 Å². The number of carbonyl (C=O) groups excluding carboxylic acids is 1. The Labute approximate surface area is 208 Å². The number of hydrogen-bond acceptors (Lipinski definition) is 7. The van der Waals surface area contributed by atoms with Crippen LogP contribution >= 0.6 is 11.3 Å². The Morgan fingerprint density at radius 3 is 2.54 bits per heavy atom. The minimum absolute atomic E-state index is 0.300. The number of hydrogen-bond donors (Lipinski definition) is 2. The van der Waals surface area contributed by atoms with Gasteiger partial charge in [-0.15, -0.1) is 11.3 Å². The molecule has 0 spiro atoms. The van der Waals surface area contributed by atoms with Gasteiger partial charge >= 0.3 is 0 Å². The maximum absolute atomic E-state index is 12.5. The maximum Gasteiger partial charge on any atom is 0.271 e. The van der Waals surface area contributed by atoms with Crippen LogP contribution in [0.25, 0.3) is 11.3 Å². The van der Waals surface area contributed by atoms with E-state index in [1.807, 2.05) is 48.7 Å². The number of nitrogens with one attached hydrogen (secondary N) is 2. The Morgan fingerprint density at radius 1 is 1.06 bits per heavy atom. The Kier molecular flexibility index (Phi) is 7.74. The molecule has 1 amide bonds. The fourth-order valence-electron chi connectivity index (χ4n) is 3.29. The Hall–Kier alpha value is -4.17. The van der Waals surface area contributed by atoms with Gasteiger partial charge < -0.3 is 14.8 Å². The van der Waals surface area contributed by atoms with Gasteiger partial charge in [0.25, 0.3) is 5.91 Å². The standard InChI is InChI=1S/C27H26N4O3S/c1-4-34-25-15-19(7-14-24(25)33-3)16-28-31-26(32)21-10-8-20(9-11-21)23-17-35-27(30-23)29-22-12-5-18(2)6-13-22/h5-17H,4H2,1-3H3,(H,29,30)(H,31,32)/b28-16-. The molecule has 0 atom stereocenters. The number of aryl methyl sites for hydroxylation is 1. The average Bonchev–Trinajstić information content (AvgIpc) is 3.34. The van der Waals surface area contributed by atoms with E-state index in [4.69, 9.17) is 9.47 Å². The number of methoxy groups -OCH3 is 1. The predicted molar refractivity (Wildman–Crippen MR) is 141 cm³/mol. The Morgan fingerprint density at radius 2 is 1.83 bits per heavy atom. The van der Waals surface area contributed by atoms with Crippen molar-refractivity contribution in [2.24, 2.45) is 5.10 Å². The van der Waals surface area contributed by atoms with Gasteiger partial charge in [-0.2, -0.15) is 5.10 Å². The van der Waals surface area contributed by atoms with Crippen molar-refractivity contribution in [2.75, 3.05) is 19.0 Å². The van der Waals surface area contributed by atoms with Gasteiger partial charge in [0.2, 0.25) is 0 Å². The topological polar surface area (TPSA) is 84.8 Å². The van der Waals surface area contributed by atoms with E-state index in [1.165, 1.54) is 16.9 Å². The number of amides is 1. The molecular formula is C27H26N4O3S. The van der Waals surface area contributed by atoms with Gasteiger partial charge in [0.15, 0.2) is 16.6 Å². The lowest BCUT2D eigenvalue weighted by molar-refractivity contribution is 0.0955. The molecule has 8 heteroatoms. The molecule has 0 saturated heterocycles. The van der Waals surface area contributed by atoms with E-state index < -0.39 is 0 Å². The van der Waals surface area contributed by atoms with E-state index in [9.17, 15) is 4.79 Å². The van der Waals surface area contributed by atoms with Crippen molar-refractivity contribution in [2.45, 2.75) is 13.8 Å². The molecule has 0 saturated carbocycles. The van der Waals surface area contributed by atoms with Crippen molar-refractivity contribution in [1.29, 1.82) is 0 Å². The summed E-state index contributed by atoms with van der Waals surface area (Å²) in [6.07, 6.45) is 1.56. The highest BCUT2D eigenvalue weighted by molar-refractivity contribution is 7.14. The number of nitrogens with zero attached hydrogens (tertiary/aromatic N) is 2. The monoisotopic (exact) mass is 486 g/mol. The summed E-state index contributed by atoms with van der Waals surface area (Å²) in [5.74, 6) is 0.970. The zero-order valence-corrected chi connectivity index (χ0v) is 20.6. The number of aromatic nitrogens is 1. The van der Waals surface area contributed by atoms with Crippen LogP contribution < -0.4 is 20.2 Å². The van der Waals surface area contributed by atoms with Crippen LogP contribution in [-0.4, -0.2) is 30.8 Å². The van der Waals surface area contributed by atoms with Crippen LogP contribution in [0.2, 0.25) is 0 Å². The number of benzene rings is 3. The van der Waals surface area contributed by atoms with Gasteiger partial charge in [0.1, 0.15) is 0 Å². The number of thiazole rings is 1. The second kappa shape index (κ2) is 11.3. The number of anilines is 2. The molecule has 178 valence electrons. The van der Waals surface area contributed by atoms with Crippen LogP contribution in [0.3, 0.4) is 0 Å².